The average Bonchev–Trinajstić information content (AvgIpc) is 3.21. The fourth-order valence-corrected chi connectivity index (χ4v) is 5.73. The molecule has 1 saturated heterocycles. The molecule has 13 heteroatoms. The number of sulfonamides is 1. The minimum atomic E-state index is -4.29. The predicted octanol–water partition coefficient (Wildman–Crippen LogP) is 2.74. The summed E-state index contributed by atoms with van der Waals surface area (Å²) in [7, 11) is -2.00. The van der Waals surface area contributed by atoms with Crippen molar-refractivity contribution in [2.75, 3.05) is 38.1 Å². The highest BCUT2D eigenvalue weighted by atomic mass is 32.2. The molecule has 0 unspecified atom stereocenters. The number of rotatable bonds is 7. The molecule has 0 atom stereocenters. The smallest absolute Gasteiger partial charge is 0.352 e. The second kappa shape index (κ2) is 10.1. The quantitative estimate of drug-likeness (QED) is 0.508. The molecule has 1 aliphatic heterocycles. The molecule has 1 aromatic carbocycles. The van der Waals surface area contributed by atoms with Crippen LogP contribution in [0.1, 0.15) is 16.0 Å². The Hall–Kier alpha value is -2.77. The summed E-state index contributed by atoms with van der Waals surface area (Å²) in [5.41, 5.74) is 1.42. The first-order valence-electron chi connectivity index (χ1n) is 10.8. The largest absolute Gasteiger partial charge is 0.393 e. The summed E-state index contributed by atoms with van der Waals surface area (Å²) in [4.78, 5) is 25.6. The lowest BCUT2D eigenvalue weighted by Gasteiger charge is -2.35. The molecular weight excluding hydrogens is 503 g/mol. The molecule has 188 valence electrons. The minimum Gasteiger partial charge on any atom is -0.352 e. The number of anilines is 1. The first kappa shape index (κ1) is 25.3. The lowest BCUT2D eigenvalue weighted by Crippen LogP contribution is -2.49. The number of nitrogens with one attached hydrogen (secondary N) is 1. The zero-order valence-corrected chi connectivity index (χ0v) is 20.5. The summed E-state index contributed by atoms with van der Waals surface area (Å²) in [6, 6.07) is 8.40. The van der Waals surface area contributed by atoms with Gasteiger partial charge in [0.25, 0.3) is 0 Å². The molecule has 0 bridgehead atoms. The molecule has 3 aromatic rings. The van der Waals surface area contributed by atoms with Crippen molar-refractivity contribution in [1.29, 1.82) is 0 Å². The maximum Gasteiger partial charge on any atom is 0.393 e. The highest BCUT2D eigenvalue weighted by Gasteiger charge is 2.30. The van der Waals surface area contributed by atoms with Crippen LogP contribution in [0.3, 0.4) is 0 Å². The van der Waals surface area contributed by atoms with Gasteiger partial charge in [0, 0.05) is 31.1 Å². The van der Waals surface area contributed by atoms with Gasteiger partial charge >= 0.3 is 6.18 Å². The zero-order valence-electron chi connectivity index (χ0n) is 18.9. The molecule has 0 aliphatic carbocycles. The summed E-state index contributed by atoms with van der Waals surface area (Å²) in [6.07, 6.45) is -3.73. The molecule has 4 rings (SSSR count). The number of nitrogens with zero attached hydrogens (tertiary/aromatic N) is 4. The minimum absolute atomic E-state index is 0.0453. The molecule has 8 nitrogen and oxygen atoms in total. The van der Waals surface area contributed by atoms with E-state index in [2.05, 4.69) is 14.7 Å². The Balaban J connectivity index is 1.36. The molecule has 1 amide bonds. The Kier molecular flexibility index (Phi) is 7.29. The zero-order chi connectivity index (χ0) is 25.2. The Morgan fingerprint density at radius 3 is 2.37 bits per heavy atom. The number of hydrogen-bond acceptors (Lipinski definition) is 7. The SMILES string of the molecule is CNS(=O)(=O)Cc1ccc(CC(=O)N2CCN(c3ncnc4sc(CC(F)(F)F)cc34)CC2)cc1. The Morgan fingerprint density at radius 2 is 1.74 bits per heavy atom. The highest BCUT2D eigenvalue weighted by Crippen LogP contribution is 2.34. The topological polar surface area (TPSA) is 95.5 Å². The molecule has 1 aliphatic rings. The van der Waals surface area contributed by atoms with Gasteiger partial charge in [0.1, 0.15) is 17.0 Å². The van der Waals surface area contributed by atoms with E-state index in [-0.39, 0.29) is 23.0 Å². The van der Waals surface area contributed by atoms with Crippen molar-refractivity contribution < 1.29 is 26.4 Å². The Labute approximate surface area is 204 Å². The van der Waals surface area contributed by atoms with Gasteiger partial charge in [0.2, 0.25) is 15.9 Å². The van der Waals surface area contributed by atoms with Crippen molar-refractivity contribution in [3.63, 3.8) is 0 Å². The van der Waals surface area contributed by atoms with E-state index in [9.17, 15) is 26.4 Å². The predicted molar refractivity (Wildman–Crippen MR) is 128 cm³/mol. The number of carbonyl (C=O) groups is 1. The van der Waals surface area contributed by atoms with E-state index in [0.717, 1.165) is 16.9 Å². The third-order valence-corrected chi connectivity index (χ3v) is 8.09. The third-order valence-electron chi connectivity index (χ3n) is 5.71. The number of aromatic nitrogens is 2. The summed E-state index contributed by atoms with van der Waals surface area (Å²) in [5.74, 6) is 0.410. The van der Waals surface area contributed by atoms with Gasteiger partial charge in [-0.15, -0.1) is 11.3 Å². The molecule has 0 saturated carbocycles. The number of thiophene rings is 1. The van der Waals surface area contributed by atoms with Gasteiger partial charge in [0.05, 0.1) is 24.0 Å². The summed E-state index contributed by atoms with van der Waals surface area (Å²) in [5, 5.41) is 0.594. The maximum absolute atomic E-state index is 12.8. The molecule has 3 heterocycles. The maximum atomic E-state index is 12.8. The number of alkyl halides is 3. The molecule has 0 spiro atoms. The van der Waals surface area contributed by atoms with Gasteiger partial charge in [0.15, 0.2) is 0 Å². The highest BCUT2D eigenvalue weighted by molar-refractivity contribution is 7.88. The molecule has 1 N–H and O–H groups in total. The average molecular weight is 528 g/mol. The molecule has 1 fully saturated rings. The third kappa shape index (κ3) is 6.47. The van der Waals surface area contributed by atoms with E-state index in [1.54, 1.807) is 29.2 Å². The summed E-state index contributed by atoms with van der Waals surface area (Å²) < 4.78 is 64.0. The second-order valence-electron chi connectivity index (χ2n) is 8.25. The summed E-state index contributed by atoms with van der Waals surface area (Å²) >= 11 is 1.01. The van der Waals surface area contributed by atoms with Crippen molar-refractivity contribution in [3.05, 3.63) is 52.7 Å². The van der Waals surface area contributed by atoms with Crippen molar-refractivity contribution >= 4 is 43.3 Å². The van der Waals surface area contributed by atoms with Crippen LogP contribution in [0.2, 0.25) is 0 Å². The molecule has 35 heavy (non-hydrogen) atoms. The number of piperazine rings is 1. The van der Waals surface area contributed by atoms with E-state index in [1.165, 1.54) is 19.4 Å². The van der Waals surface area contributed by atoms with Crippen molar-refractivity contribution in [1.82, 2.24) is 19.6 Å². The fraction of sp³-hybridized carbons (Fsp3) is 0.409. The van der Waals surface area contributed by atoms with Crippen LogP contribution in [0.4, 0.5) is 19.0 Å². The number of amides is 1. The number of carbonyl (C=O) groups excluding carboxylic acids is 1. The lowest BCUT2D eigenvalue weighted by atomic mass is 10.1. The molecule has 0 radical (unpaired) electrons. The van der Waals surface area contributed by atoms with Gasteiger partial charge in [-0.1, -0.05) is 24.3 Å². The van der Waals surface area contributed by atoms with E-state index in [1.807, 2.05) is 4.90 Å². The Bertz CT molecular complexity index is 1300. The monoisotopic (exact) mass is 527 g/mol. The van der Waals surface area contributed by atoms with Gasteiger partial charge in [-0.05, 0) is 24.2 Å². The van der Waals surface area contributed by atoms with E-state index < -0.39 is 22.6 Å². The van der Waals surface area contributed by atoms with Crippen molar-refractivity contribution in [2.45, 2.75) is 24.8 Å². The van der Waals surface area contributed by atoms with Crippen molar-refractivity contribution in [3.8, 4) is 0 Å². The van der Waals surface area contributed by atoms with Crippen LogP contribution in [0, 0.1) is 0 Å². The van der Waals surface area contributed by atoms with Crippen LogP contribution < -0.4 is 9.62 Å². The second-order valence-corrected chi connectivity index (χ2v) is 11.3. The standard InChI is InChI=1S/C22H24F3N5O3S2/c1-26-35(32,33)13-16-4-2-15(3-5-16)10-19(31)29-6-8-30(9-7-29)20-18-11-17(12-22(23,24)25)34-21(18)28-14-27-20/h2-5,11,14,26H,6-10,12-13H2,1H3. The number of benzene rings is 1. The van der Waals surface area contributed by atoms with Crippen LogP contribution in [-0.2, 0) is 33.4 Å². The van der Waals surface area contributed by atoms with Crippen LogP contribution in [0.5, 0.6) is 0 Å². The van der Waals surface area contributed by atoms with E-state index >= 15 is 0 Å². The van der Waals surface area contributed by atoms with Gasteiger partial charge in [-0.2, -0.15) is 13.2 Å². The first-order chi connectivity index (χ1) is 16.5. The van der Waals surface area contributed by atoms with Crippen LogP contribution >= 0.6 is 11.3 Å². The fourth-order valence-electron chi connectivity index (χ4n) is 3.93. The van der Waals surface area contributed by atoms with Gasteiger partial charge in [-0.3, -0.25) is 4.79 Å². The van der Waals surface area contributed by atoms with Crippen LogP contribution in [-0.4, -0.2) is 68.6 Å². The Morgan fingerprint density at radius 1 is 1.09 bits per heavy atom. The van der Waals surface area contributed by atoms with Gasteiger partial charge < -0.3 is 9.80 Å². The molecule has 2 aromatic heterocycles. The van der Waals surface area contributed by atoms with Crippen molar-refractivity contribution in [2.24, 2.45) is 0 Å². The van der Waals surface area contributed by atoms with E-state index in [0.29, 0.717) is 47.8 Å². The number of halogens is 3. The normalized spacial score (nSPS) is 15.1. The van der Waals surface area contributed by atoms with Crippen LogP contribution in [0.25, 0.3) is 10.2 Å². The van der Waals surface area contributed by atoms with E-state index in [4.69, 9.17) is 0 Å². The van der Waals surface area contributed by atoms with Crippen LogP contribution in [0.15, 0.2) is 36.7 Å². The van der Waals surface area contributed by atoms with Gasteiger partial charge in [-0.25, -0.2) is 23.1 Å². The first-order valence-corrected chi connectivity index (χ1v) is 13.3. The molecular formula is C22H24F3N5O3S2. The number of fused-ring (bicyclic) bond motifs is 1. The lowest BCUT2D eigenvalue weighted by molar-refractivity contribution is -0.130. The number of hydrogen-bond donors (Lipinski definition) is 1. The summed E-state index contributed by atoms with van der Waals surface area (Å²) in [6.45, 7) is 1.93.